The predicted molar refractivity (Wildman–Crippen MR) is 81.5 cm³/mol. The lowest BCUT2D eigenvalue weighted by molar-refractivity contribution is -0.136. The highest BCUT2D eigenvalue weighted by Gasteiger charge is 2.32. The number of ether oxygens (including phenoxy) is 1. The third kappa shape index (κ3) is 2.69. The van der Waals surface area contributed by atoms with Crippen molar-refractivity contribution < 1.29 is 9.53 Å². The fourth-order valence-corrected chi connectivity index (χ4v) is 2.65. The van der Waals surface area contributed by atoms with Crippen molar-refractivity contribution in [2.45, 2.75) is 32.4 Å². The summed E-state index contributed by atoms with van der Waals surface area (Å²) in [6, 6.07) is 3.93. The van der Waals surface area contributed by atoms with Crippen molar-refractivity contribution in [2.75, 3.05) is 19.7 Å². The van der Waals surface area contributed by atoms with Crippen molar-refractivity contribution in [2.24, 2.45) is 0 Å². The molecule has 1 saturated heterocycles. The molecule has 0 radical (unpaired) electrons. The SMILES string of the molecule is Cc1cccn2c(C(C)(C)NC(=O)[C@@H]3CNCCO3)nnc12. The Balaban J connectivity index is 1.84. The van der Waals surface area contributed by atoms with Crippen LogP contribution in [0.4, 0.5) is 0 Å². The monoisotopic (exact) mass is 303 g/mol. The lowest BCUT2D eigenvalue weighted by Crippen LogP contribution is -2.52. The number of hydrogen-bond acceptors (Lipinski definition) is 5. The van der Waals surface area contributed by atoms with Gasteiger partial charge in [-0.25, -0.2) is 0 Å². The molecule has 0 bridgehead atoms. The molecule has 2 N–H and O–H groups in total. The van der Waals surface area contributed by atoms with Gasteiger partial charge in [-0.05, 0) is 32.4 Å². The van der Waals surface area contributed by atoms with Crippen LogP contribution in [0.25, 0.3) is 5.65 Å². The van der Waals surface area contributed by atoms with Gasteiger partial charge < -0.3 is 15.4 Å². The van der Waals surface area contributed by atoms with Crippen molar-refractivity contribution in [3.8, 4) is 0 Å². The minimum absolute atomic E-state index is 0.137. The molecule has 1 fully saturated rings. The summed E-state index contributed by atoms with van der Waals surface area (Å²) in [6.45, 7) is 7.68. The molecule has 1 aliphatic rings. The van der Waals surface area contributed by atoms with Gasteiger partial charge >= 0.3 is 0 Å². The fraction of sp³-hybridized carbons (Fsp3) is 0.533. The third-order valence-electron chi connectivity index (χ3n) is 3.84. The number of aromatic nitrogens is 3. The molecule has 7 nitrogen and oxygen atoms in total. The molecule has 0 spiro atoms. The van der Waals surface area contributed by atoms with Gasteiger partial charge in [-0.1, -0.05) is 6.07 Å². The molecule has 118 valence electrons. The largest absolute Gasteiger partial charge is 0.366 e. The summed E-state index contributed by atoms with van der Waals surface area (Å²) in [5.74, 6) is 0.560. The molecule has 0 aliphatic carbocycles. The summed E-state index contributed by atoms with van der Waals surface area (Å²) in [5, 5.41) is 14.7. The Bertz CT molecular complexity index is 688. The maximum atomic E-state index is 12.4. The van der Waals surface area contributed by atoms with Gasteiger partial charge in [0.1, 0.15) is 6.10 Å². The average Bonchev–Trinajstić information content (AvgIpc) is 2.94. The van der Waals surface area contributed by atoms with Crippen LogP contribution >= 0.6 is 0 Å². The average molecular weight is 303 g/mol. The van der Waals surface area contributed by atoms with E-state index in [0.717, 1.165) is 17.8 Å². The number of morpholine rings is 1. The van der Waals surface area contributed by atoms with Crippen molar-refractivity contribution in [3.05, 3.63) is 29.7 Å². The lowest BCUT2D eigenvalue weighted by atomic mass is 10.0. The van der Waals surface area contributed by atoms with Gasteiger partial charge in [0, 0.05) is 19.3 Å². The molecular weight excluding hydrogens is 282 g/mol. The van der Waals surface area contributed by atoms with Gasteiger partial charge in [-0.3, -0.25) is 9.20 Å². The number of nitrogens with zero attached hydrogens (tertiary/aromatic N) is 3. The second-order valence-electron chi connectivity index (χ2n) is 6.09. The number of rotatable bonds is 3. The molecule has 1 aliphatic heterocycles. The Kier molecular flexibility index (Phi) is 3.84. The number of fused-ring (bicyclic) bond motifs is 1. The molecule has 3 rings (SSSR count). The first kappa shape index (κ1) is 14.9. The summed E-state index contributed by atoms with van der Waals surface area (Å²) < 4.78 is 7.40. The van der Waals surface area contributed by atoms with E-state index in [4.69, 9.17) is 4.74 Å². The number of carbonyl (C=O) groups is 1. The molecule has 2 aromatic heterocycles. The molecule has 7 heteroatoms. The summed E-state index contributed by atoms with van der Waals surface area (Å²) in [4.78, 5) is 12.4. The van der Waals surface area contributed by atoms with Crippen LogP contribution in [-0.4, -0.2) is 46.3 Å². The second-order valence-corrected chi connectivity index (χ2v) is 6.09. The Morgan fingerprint density at radius 2 is 2.32 bits per heavy atom. The molecular formula is C15H21N5O2. The molecule has 0 aromatic carbocycles. The molecule has 2 aromatic rings. The van der Waals surface area contributed by atoms with Crippen LogP contribution in [0.5, 0.6) is 0 Å². The number of amides is 1. The van der Waals surface area contributed by atoms with E-state index in [1.807, 2.05) is 43.5 Å². The summed E-state index contributed by atoms with van der Waals surface area (Å²) in [6.07, 6.45) is 1.44. The Morgan fingerprint density at radius 3 is 3.05 bits per heavy atom. The Labute approximate surface area is 129 Å². The zero-order valence-corrected chi connectivity index (χ0v) is 13.1. The standard InChI is InChI=1S/C15H21N5O2/c1-10-5-4-7-20-12(10)18-19-14(20)15(2,3)17-13(21)11-9-16-6-8-22-11/h4-5,7,11,16H,6,8-9H2,1-3H3,(H,17,21)/t11-/m0/s1. The van der Waals surface area contributed by atoms with E-state index in [-0.39, 0.29) is 5.91 Å². The first-order valence-corrected chi connectivity index (χ1v) is 7.44. The van der Waals surface area contributed by atoms with E-state index in [9.17, 15) is 4.79 Å². The highest BCUT2D eigenvalue weighted by atomic mass is 16.5. The molecule has 0 unspecified atom stereocenters. The zero-order chi connectivity index (χ0) is 15.7. The van der Waals surface area contributed by atoms with Crippen LogP contribution in [-0.2, 0) is 15.1 Å². The highest BCUT2D eigenvalue weighted by molar-refractivity contribution is 5.82. The van der Waals surface area contributed by atoms with Gasteiger partial charge in [-0.15, -0.1) is 10.2 Å². The van der Waals surface area contributed by atoms with Gasteiger partial charge in [0.2, 0.25) is 0 Å². The van der Waals surface area contributed by atoms with Crippen molar-refractivity contribution in [1.29, 1.82) is 0 Å². The van der Waals surface area contributed by atoms with Gasteiger partial charge in [-0.2, -0.15) is 0 Å². The minimum atomic E-state index is -0.648. The van der Waals surface area contributed by atoms with E-state index in [2.05, 4.69) is 20.8 Å². The van der Waals surface area contributed by atoms with Gasteiger partial charge in [0.25, 0.3) is 5.91 Å². The van der Waals surface area contributed by atoms with E-state index in [1.165, 1.54) is 0 Å². The Morgan fingerprint density at radius 1 is 1.50 bits per heavy atom. The van der Waals surface area contributed by atoms with E-state index in [1.54, 1.807) is 0 Å². The van der Waals surface area contributed by atoms with E-state index >= 15 is 0 Å². The molecule has 1 amide bonds. The second kappa shape index (κ2) is 5.66. The number of pyridine rings is 1. The molecule has 3 heterocycles. The van der Waals surface area contributed by atoms with Crippen LogP contribution in [0.15, 0.2) is 18.3 Å². The maximum Gasteiger partial charge on any atom is 0.251 e. The lowest BCUT2D eigenvalue weighted by Gasteiger charge is -2.29. The topological polar surface area (TPSA) is 80.5 Å². The van der Waals surface area contributed by atoms with Crippen LogP contribution in [0.2, 0.25) is 0 Å². The van der Waals surface area contributed by atoms with Gasteiger partial charge in [0.05, 0.1) is 12.1 Å². The normalized spacial score (nSPS) is 19.3. The summed E-state index contributed by atoms with van der Waals surface area (Å²) >= 11 is 0. The first-order valence-electron chi connectivity index (χ1n) is 7.44. The van der Waals surface area contributed by atoms with Crippen molar-refractivity contribution >= 4 is 11.6 Å². The highest BCUT2D eigenvalue weighted by Crippen LogP contribution is 2.20. The molecule has 1 atom stereocenters. The summed E-state index contributed by atoms with van der Waals surface area (Å²) in [7, 11) is 0. The number of carbonyl (C=O) groups excluding carboxylic acids is 1. The van der Waals surface area contributed by atoms with Gasteiger partial charge in [0.15, 0.2) is 11.5 Å². The number of nitrogens with one attached hydrogen (secondary N) is 2. The molecule has 22 heavy (non-hydrogen) atoms. The number of hydrogen-bond donors (Lipinski definition) is 2. The summed E-state index contributed by atoms with van der Waals surface area (Å²) in [5.41, 5.74) is 1.20. The zero-order valence-electron chi connectivity index (χ0n) is 13.1. The smallest absolute Gasteiger partial charge is 0.251 e. The number of aryl methyl sites for hydroxylation is 1. The fourth-order valence-electron chi connectivity index (χ4n) is 2.65. The third-order valence-corrected chi connectivity index (χ3v) is 3.84. The van der Waals surface area contributed by atoms with Crippen LogP contribution in [0, 0.1) is 6.92 Å². The maximum absolute atomic E-state index is 12.4. The quantitative estimate of drug-likeness (QED) is 0.857. The Hall–Kier alpha value is -1.99. The van der Waals surface area contributed by atoms with E-state index < -0.39 is 11.6 Å². The van der Waals surface area contributed by atoms with Crippen LogP contribution < -0.4 is 10.6 Å². The van der Waals surface area contributed by atoms with E-state index in [0.29, 0.717) is 19.0 Å². The van der Waals surface area contributed by atoms with Crippen LogP contribution in [0.1, 0.15) is 25.2 Å². The predicted octanol–water partition coefficient (Wildman–Crippen LogP) is 0.377. The van der Waals surface area contributed by atoms with Crippen molar-refractivity contribution in [3.63, 3.8) is 0 Å². The molecule has 0 saturated carbocycles. The van der Waals surface area contributed by atoms with Crippen LogP contribution in [0.3, 0.4) is 0 Å². The van der Waals surface area contributed by atoms with Crippen molar-refractivity contribution in [1.82, 2.24) is 25.2 Å². The first-order chi connectivity index (χ1) is 10.5. The minimum Gasteiger partial charge on any atom is -0.366 e.